The fraction of sp³-hybridized carbons (Fsp3) is 0.727. The van der Waals surface area contributed by atoms with Gasteiger partial charge in [-0.15, -0.1) is 10.2 Å². The molecule has 1 amide bonds. The van der Waals surface area contributed by atoms with Gasteiger partial charge in [0, 0.05) is 33.7 Å². The molecule has 94 valence electrons. The van der Waals surface area contributed by atoms with Crippen molar-refractivity contribution in [1.29, 1.82) is 0 Å². The van der Waals surface area contributed by atoms with E-state index in [9.17, 15) is 4.79 Å². The van der Waals surface area contributed by atoms with Crippen molar-refractivity contribution in [3.8, 4) is 0 Å². The normalized spacial score (nSPS) is 19.5. The molecular weight excluding hydrogens is 220 g/mol. The summed E-state index contributed by atoms with van der Waals surface area (Å²) in [7, 11) is 3.67. The van der Waals surface area contributed by atoms with Crippen LogP contribution in [0.25, 0.3) is 0 Å². The first kappa shape index (κ1) is 12.0. The van der Waals surface area contributed by atoms with Gasteiger partial charge >= 0.3 is 0 Å². The van der Waals surface area contributed by atoms with E-state index in [1.807, 2.05) is 11.6 Å². The Morgan fingerprint density at radius 2 is 2.53 bits per heavy atom. The first-order valence-corrected chi connectivity index (χ1v) is 5.81. The molecule has 0 bridgehead atoms. The maximum absolute atomic E-state index is 11.9. The number of nitrogens with zero attached hydrogens (tertiary/aromatic N) is 4. The molecule has 1 fully saturated rings. The Balaban J connectivity index is 1.84. The Labute approximate surface area is 101 Å². The lowest BCUT2D eigenvalue weighted by Crippen LogP contribution is -2.29. The molecule has 1 aromatic rings. The second kappa shape index (κ2) is 5.27. The summed E-state index contributed by atoms with van der Waals surface area (Å²) in [5.74, 6) is 1.32. The first-order valence-electron chi connectivity index (χ1n) is 5.81. The molecule has 1 atom stereocenters. The van der Waals surface area contributed by atoms with Crippen LogP contribution in [0, 0.1) is 5.92 Å². The van der Waals surface area contributed by atoms with Crippen LogP contribution < -0.4 is 0 Å². The summed E-state index contributed by atoms with van der Waals surface area (Å²) in [6.07, 6.45) is 3.19. The minimum absolute atomic E-state index is 0.142. The molecule has 6 nitrogen and oxygen atoms in total. The van der Waals surface area contributed by atoms with Crippen LogP contribution in [0.4, 0.5) is 0 Å². The molecule has 1 aromatic heterocycles. The highest BCUT2D eigenvalue weighted by molar-refractivity contribution is 5.76. The Hall–Kier alpha value is -1.43. The van der Waals surface area contributed by atoms with Gasteiger partial charge in [0.05, 0.1) is 6.54 Å². The van der Waals surface area contributed by atoms with Gasteiger partial charge in [-0.1, -0.05) is 0 Å². The number of aromatic nitrogens is 3. The summed E-state index contributed by atoms with van der Waals surface area (Å²) >= 11 is 0. The largest absolute Gasteiger partial charge is 0.381 e. The molecule has 2 heterocycles. The first-order chi connectivity index (χ1) is 8.16. The number of rotatable bonds is 4. The van der Waals surface area contributed by atoms with E-state index in [2.05, 4.69) is 10.2 Å². The zero-order valence-corrected chi connectivity index (χ0v) is 10.3. The van der Waals surface area contributed by atoms with Crippen molar-refractivity contribution in [2.45, 2.75) is 19.4 Å². The van der Waals surface area contributed by atoms with Gasteiger partial charge in [-0.05, 0) is 12.3 Å². The molecule has 0 radical (unpaired) electrons. The maximum atomic E-state index is 11.9. The van der Waals surface area contributed by atoms with Crippen LogP contribution in [0.2, 0.25) is 0 Å². The Bertz CT molecular complexity index is 385. The second-order valence-corrected chi connectivity index (χ2v) is 4.54. The van der Waals surface area contributed by atoms with Crippen LogP contribution in [-0.2, 0) is 23.1 Å². The molecule has 0 N–H and O–H groups in total. The predicted octanol–water partition coefficient (Wildman–Crippen LogP) is 0.200. The third-order valence-corrected chi connectivity index (χ3v) is 3.10. The van der Waals surface area contributed by atoms with E-state index < -0.39 is 0 Å². The van der Waals surface area contributed by atoms with E-state index in [-0.39, 0.29) is 5.91 Å². The van der Waals surface area contributed by atoms with E-state index in [1.54, 1.807) is 18.3 Å². The Morgan fingerprint density at radius 1 is 1.71 bits per heavy atom. The van der Waals surface area contributed by atoms with Crippen LogP contribution in [0.5, 0.6) is 0 Å². The zero-order valence-electron chi connectivity index (χ0n) is 10.3. The van der Waals surface area contributed by atoms with E-state index in [1.165, 1.54) is 0 Å². The average Bonchev–Trinajstić information content (AvgIpc) is 2.91. The van der Waals surface area contributed by atoms with Crippen molar-refractivity contribution in [3.05, 3.63) is 12.2 Å². The number of hydrogen-bond acceptors (Lipinski definition) is 4. The zero-order chi connectivity index (χ0) is 12.3. The predicted molar refractivity (Wildman–Crippen MR) is 61.0 cm³/mol. The van der Waals surface area contributed by atoms with Crippen molar-refractivity contribution < 1.29 is 9.53 Å². The topological polar surface area (TPSA) is 60.2 Å². The molecule has 1 saturated heterocycles. The van der Waals surface area contributed by atoms with Crippen LogP contribution in [-0.4, -0.2) is 45.8 Å². The molecule has 0 saturated carbocycles. The maximum Gasteiger partial charge on any atom is 0.223 e. The lowest BCUT2D eigenvalue weighted by Gasteiger charge is -2.18. The quantitative estimate of drug-likeness (QED) is 0.752. The summed E-state index contributed by atoms with van der Waals surface area (Å²) in [4.78, 5) is 13.6. The van der Waals surface area contributed by atoms with Gasteiger partial charge in [0.2, 0.25) is 5.91 Å². The monoisotopic (exact) mass is 238 g/mol. The van der Waals surface area contributed by atoms with Gasteiger partial charge in [-0.25, -0.2) is 0 Å². The number of hydrogen-bond donors (Lipinski definition) is 0. The van der Waals surface area contributed by atoms with Crippen molar-refractivity contribution in [1.82, 2.24) is 19.7 Å². The van der Waals surface area contributed by atoms with Crippen LogP contribution in [0.3, 0.4) is 0 Å². The standard InChI is InChI=1S/C11H18N4O2/c1-14(6-10-13-12-8-15(10)2)11(16)5-9-3-4-17-7-9/h8-9H,3-7H2,1-2H3/t9-/m1/s1. The minimum atomic E-state index is 0.142. The Kier molecular flexibility index (Phi) is 3.73. The van der Waals surface area contributed by atoms with Gasteiger partial charge in [0.15, 0.2) is 5.82 Å². The highest BCUT2D eigenvalue weighted by Crippen LogP contribution is 2.17. The minimum Gasteiger partial charge on any atom is -0.381 e. The van der Waals surface area contributed by atoms with E-state index in [0.29, 0.717) is 25.5 Å². The number of aryl methyl sites for hydroxylation is 1. The van der Waals surface area contributed by atoms with E-state index in [4.69, 9.17) is 4.74 Å². The van der Waals surface area contributed by atoms with Gasteiger partial charge in [0.1, 0.15) is 6.33 Å². The van der Waals surface area contributed by atoms with Gasteiger partial charge in [-0.2, -0.15) is 0 Å². The fourth-order valence-electron chi connectivity index (χ4n) is 1.90. The number of ether oxygens (including phenoxy) is 1. The fourth-order valence-corrected chi connectivity index (χ4v) is 1.90. The molecule has 1 aliphatic rings. The van der Waals surface area contributed by atoms with E-state index in [0.717, 1.165) is 18.9 Å². The lowest BCUT2D eigenvalue weighted by atomic mass is 10.0. The van der Waals surface area contributed by atoms with Crippen molar-refractivity contribution >= 4 is 5.91 Å². The average molecular weight is 238 g/mol. The summed E-state index contributed by atoms with van der Waals surface area (Å²) < 4.78 is 7.09. The van der Waals surface area contributed by atoms with Gasteiger partial charge < -0.3 is 14.2 Å². The molecule has 2 rings (SSSR count). The highest BCUT2D eigenvalue weighted by Gasteiger charge is 2.21. The summed E-state index contributed by atoms with van der Waals surface area (Å²) in [6.45, 7) is 2.00. The highest BCUT2D eigenvalue weighted by atomic mass is 16.5. The number of carbonyl (C=O) groups excluding carboxylic acids is 1. The van der Waals surface area contributed by atoms with Crippen LogP contribution in [0.15, 0.2) is 6.33 Å². The summed E-state index contributed by atoms with van der Waals surface area (Å²) in [5, 5.41) is 7.76. The third kappa shape index (κ3) is 3.03. The molecule has 1 aliphatic heterocycles. The molecule has 0 unspecified atom stereocenters. The van der Waals surface area contributed by atoms with Crippen LogP contribution in [0.1, 0.15) is 18.7 Å². The number of amides is 1. The van der Waals surface area contributed by atoms with Gasteiger partial charge in [-0.3, -0.25) is 4.79 Å². The third-order valence-electron chi connectivity index (χ3n) is 3.10. The van der Waals surface area contributed by atoms with Crippen molar-refractivity contribution in [2.24, 2.45) is 13.0 Å². The van der Waals surface area contributed by atoms with Crippen molar-refractivity contribution in [2.75, 3.05) is 20.3 Å². The summed E-state index contributed by atoms with van der Waals surface area (Å²) in [5.41, 5.74) is 0. The molecule has 0 spiro atoms. The smallest absolute Gasteiger partial charge is 0.223 e. The molecule has 0 aliphatic carbocycles. The molecular formula is C11H18N4O2. The van der Waals surface area contributed by atoms with Crippen molar-refractivity contribution in [3.63, 3.8) is 0 Å². The number of carbonyl (C=O) groups is 1. The molecule has 6 heteroatoms. The molecule has 17 heavy (non-hydrogen) atoms. The lowest BCUT2D eigenvalue weighted by molar-refractivity contribution is -0.131. The van der Waals surface area contributed by atoms with Crippen LogP contribution >= 0.6 is 0 Å². The van der Waals surface area contributed by atoms with Gasteiger partial charge in [0.25, 0.3) is 0 Å². The van der Waals surface area contributed by atoms with E-state index >= 15 is 0 Å². The Morgan fingerprint density at radius 3 is 3.12 bits per heavy atom. The summed E-state index contributed by atoms with van der Waals surface area (Å²) in [6, 6.07) is 0. The second-order valence-electron chi connectivity index (χ2n) is 4.54. The molecule has 0 aromatic carbocycles. The SMILES string of the molecule is CN(Cc1nncn1C)C(=O)C[C@H]1CCOC1.